The summed E-state index contributed by atoms with van der Waals surface area (Å²) in [7, 11) is 0. The molecule has 0 fully saturated rings. The van der Waals surface area contributed by atoms with E-state index in [-0.39, 0.29) is 36.0 Å². The molecule has 0 rings (SSSR count). The van der Waals surface area contributed by atoms with Crippen LogP contribution >= 0.6 is 0 Å². The topological polar surface area (TPSA) is 223 Å². The number of nitrogens with one attached hydrogen (secondary N) is 5. The molecule has 0 saturated heterocycles. The number of rotatable bonds is 23. The Morgan fingerprint density at radius 1 is 0.510 bits per heavy atom. The Balaban J connectivity index is 5.60. The van der Waals surface area contributed by atoms with Gasteiger partial charge in [-0.25, -0.2) is 0 Å². The minimum Gasteiger partial charge on any atom is -0.481 e. The number of hydrogen-bond donors (Lipinski definition) is 8. The molecular formula is C35H65N5O9. The number of amides is 5. The summed E-state index contributed by atoms with van der Waals surface area (Å²) in [6.45, 7) is 20.1. The highest BCUT2D eigenvalue weighted by molar-refractivity contribution is 5.92. The van der Waals surface area contributed by atoms with Crippen molar-refractivity contribution in [3.05, 3.63) is 0 Å². The first-order valence-corrected chi connectivity index (χ1v) is 17.6. The first-order chi connectivity index (χ1) is 22.5. The maximum absolute atomic E-state index is 13.5. The lowest BCUT2D eigenvalue weighted by atomic mass is 9.95. The highest BCUT2D eigenvalue weighted by Crippen LogP contribution is 2.15. The van der Waals surface area contributed by atoms with E-state index in [4.69, 9.17) is 5.11 Å². The van der Waals surface area contributed by atoms with Crippen molar-refractivity contribution in [1.82, 2.24) is 26.6 Å². The normalized spacial score (nSPS) is 16.0. The molecule has 0 heterocycles. The summed E-state index contributed by atoms with van der Waals surface area (Å²) in [6.07, 6.45) is -2.06. The van der Waals surface area contributed by atoms with Crippen LogP contribution in [0, 0.1) is 29.6 Å². The highest BCUT2D eigenvalue weighted by Gasteiger charge is 2.34. The lowest BCUT2D eigenvalue weighted by Gasteiger charge is -2.31. The van der Waals surface area contributed by atoms with E-state index in [0.717, 1.165) is 0 Å². The Kier molecular flexibility index (Phi) is 21.0. The van der Waals surface area contributed by atoms with Gasteiger partial charge < -0.3 is 41.9 Å². The standard InChI is InChI=1S/C35H65N5O9/c1-18(2)12-13-28(43)39-31(21(7)8)35(49)40-32(22(9)10)34(48)38-24(14-19(3)4)26(41)16-29(44)36-23(11)33(47)37-25(15-20(5)6)27(42)17-30(45)46/h18-27,31-32,41-42H,12-17H2,1-11H3,(H,36,44)(H,37,47)(H,38,48)(H,39,43)(H,40,49)(H,45,46)/t23-,24+,25-,26-,27+,31-,32-/m1/s1. The minimum absolute atomic E-state index is 0.0151. The molecule has 0 aliphatic carbocycles. The van der Waals surface area contributed by atoms with E-state index < -0.39 is 84.9 Å². The van der Waals surface area contributed by atoms with E-state index in [9.17, 15) is 39.0 Å². The van der Waals surface area contributed by atoms with E-state index in [1.807, 2.05) is 41.5 Å². The number of carboxylic acids is 1. The van der Waals surface area contributed by atoms with E-state index in [2.05, 4.69) is 26.6 Å². The number of carboxylic acid groups (broad SMARTS) is 1. The largest absolute Gasteiger partial charge is 0.481 e. The van der Waals surface area contributed by atoms with Crippen molar-refractivity contribution in [3.8, 4) is 0 Å². The summed E-state index contributed by atoms with van der Waals surface area (Å²) in [5.41, 5.74) is 0. The Hall–Kier alpha value is -3.26. The first-order valence-electron chi connectivity index (χ1n) is 17.6. The predicted molar refractivity (Wildman–Crippen MR) is 187 cm³/mol. The maximum Gasteiger partial charge on any atom is 0.306 e. The second-order valence-electron chi connectivity index (χ2n) is 15.2. The number of carbonyl (C=O) groups is 6. The van der Waals surface area contributed by atoms with Gasteiger partial charge in [0.1, 0.15) is 18.1 Å². The van der Waals surface area contributed by atoms with Gasteiger partial charge in [-0.3, -0.25) is 28.8 Å². The second kappa shape index (κ2) is 22.5. The molecule has 0 aromatic rings. The zero-order valence-electron chi connectivity index (χ0n) is 31.5. The Morgan fingerprint density at radius 3 is 1.37 bits per heavy atom. The second-order valence-corrected chi connectivity index (χ2v) is 15.2. The minimum atomic E-state index is -1.33. The molecule has 0 radical (unpaired) electrons. The van der Waals surface area contributed by atoms with Crippen molar-refractivity contribution < 1.29 is 44.1 Å². The van der Waals surface area contributed by atoms with Gasteiger partial charge in [0.2, 0.25) is 29.5 Å². The van der Waals surface area contributed by atoms with Crippen LogP contribution in [0.25, 0.3) is 0 Å². The lowest BCUT2D eigenvalue weighted by molar-refractivity contribution is -0.140. The summed E-state index contributed by atoms with van der Waals surface area (Å²) < 4.78 is 0. The molecule has 0 aromatic carbocycles. The summed E-state index contributed by atoms with van der Waals surface area (Å²) in [5, 5.41) is 43.9. The molecule has 0 aliphatic heterocycles. The summed E-state index contributed by atoms with van der Waals surface area (Å²) >= 11 is 0. The number of aliphatic hydroxyl groups excluding tert-OH is 2. The van der Waals surface area contributed by atoms with Crippen molar-refractivity contribution in [3.63, 3.8) is 0 Å². The zero-order valence-corrected chi connectivity index (χ0v) is 31.5. The van der Waals surface area contributed by atoms with E-state index in [0.29, 0.717) is 25.2 Å². The number of aliphatic hydroxyl groups is 2. The quantitative estimate of drug-likeness (QED) is 0.0778. The molecule has 0 aromatic heterocycles. The van der Waals surface area contributed by atoms with Crippen LogP contribution in [0.3, 0.4) is 0 Å². The lowest BCUT2D eigenvalue weighted by Crippen LogP contribution is -2.59. The van der Waals surface area contributed by atoms with Crippen LogP contribution in [0.2, 0.25) is 0 Å². The van der Waals surface area contributed by atoms with Gasteiger partial charge in [0, 0.05) is 6.42 Å². The summed E-state index contributed by atoms with van der Waals surface area (Å²) in [6, 6.07) is -4.61. The molecular weight excluding hydrogens is 634 g/mol. The van der Waals surface area contributed by atoms with Gasteiger partial charge in [0.05, 0.1) is 37.1 Å². The van der Waals surface area contributed by atoms with Crippen LogP contribution in [0.5, 0.6) is 0 Å². The van der Waals surface area contributed by atoms with Gasteiger partial charge in [-0.05, 0) is 55.8 Å². The molecule has 5 amide bonds. The highest BCUT2D eigenvalue weighted by atomic mass is 16.4. The third kappa shape index (κ3) is 18.9. The van der Waals surface area contributed by atoms with Crippen molar-refractivity contribution in [1.29, 1.82) is 0 Å². The molecule has 14 nitrogen and oxygen atoms in total. The smallest absolute Gasteiger partial charge is 0.306 e. The molecule has 284 valence electrons. The molecule has 0 spiro atoms. The Morgan fingerprint density at radius 2 is 0.939 bits per heavy atom. The number of aliphatic carboxylic acids is 1. The van der Waals surface area contributed by atoms with Crippen LogP contribution in [-0.2, 0) is 28.8 Å². The van der Waals surface area contributed by atoms with Crippen molar-refractivity contribution in [2.45, 2.75) is 157 Å². The summed E-state index contributed by atoms with van der Waals surface area (Å²) in [4.78, 5) is 76.2. The third-order valence-electron chi connectivity index (χ3n) is 8.05. The molecule has 0 saturated carbocycles. The average Bonchev–Trinajstić information content (AvgIpc) is 2.95. The Labute approximate surface area is 292 Å². The Bertz CT molecular complexity index is 1080. The fraction of sp³-hybridized carbons (Fsp3) is 0.829. The monoisotopic (exact) mass is 699 g/mol. The molecule has 0 bridgehead atoms. The van der Waals surface area contributed by atoms with Gasteiger partial charge in [-0.15, -0.1) is 0 Å². The van der Waals surface area contributed by atoms with Crippen LogP contribution in [-0.4, -0.2) is 93.2 Å². The maximum atomic E-state index is 13.5. The number of carbonyl (C=O) groups excluding carboxylic acids is 5. The zero-order chi connectivity index (χ0) is 38.2. The molecule has 14 heteroatoms. The predicted octanol–water partition coefficient (Wildman–Crippen LogP) is 1.86. The van der Waals surface area contributed by atoms with E-state index >= 15 is 0 Å². The molecule has 7 atom stereocenters. The van der Waals surface area contributed by atoms with Gasteiger partial charge >= 0.3 is 5.97 Å². The molecule has 8 N–H and O–H groups in total. The van der Waals surface area contributed by atoms with Crippen molar-refractivity contribution in [2.24, 2.45) is 29.6 Å². The van der Waals surface area contributed by atoms with Crippen molar-refractivity contribution >= 4 is 35.5 Å². The van der Waals surface area contributed by atoms with E-state index in [1.165, 1.54) is 6.92 Å². The fourth-order valence-corrected chi connectivity index (χ4v) is 5.22. The van der Waals surface area contributed by atoms with E-state index in [1.54, 1.807) is 27.7 Å². The first kappa shape index (κ1) is 45.7. The SMILES string of the molecule is CC(C)CCC(=O)N[C@@H](C(=O)N[C@@H](C(=O)N[C@@H](CC(C)C)[C@H](O)CC(=O)N[C@H](C)C(=O)N[C@H](CC(C)C)[C@@H](O)CC(=O)O)C(C)C)C(C)C. The third-order valence-corrected chi connectivity index (χ3v) is 8.05. The van der Waals surface area contributed by atoms with Gasteiger partial charge in [0.25, 0.3) is 0 Å². The van der Waals surface area contributed by atoms with Crippen LogP contribution < -0.4 is 26.6 Å². The van der Waals surface area contributed by atoms with Crippen molar-refractivity contribution in [2.75, 3.05) is 0 Å². The molecule has 0 aliphatic rings. The van der Waals surface area contributed by atoms with Crippen LogP contribution in [0.15, 0.2) is 0 Å². The molecule has 49 heavy (non-hydrogen) atoms. The summed E-state index contributed by atoms with van der Waals surface area (Å²) in [5.74, 6) is -4.00. The molecule has 0 unspecified atom stereocenters. The van der Waals surface area contributed by atoms with Gasteiger partial charge in [0.15, 0.2) is 0 Å². The number of hydrogen-bond acceptors (Lipinski definition) is 8. The van der Waals surface area contributed by atoms with Gasteiger partial charge in [-0.1, -0.05) is 69.2 Å². The average molecular weight is 700 g/mol. The fourth-order valence-electron chi connectivity index (χ4n) is 5.22. The van der Waals surface area contributed by atoms with Gasteiger partial charge in [-0.2, -0.15) is 0 Å². The van der Waals surface area contributed by atoms with Crippen LogP contribution in [0.4, 0.5) is 0 Å². The van der Waals surface area contributed by atoms with Crippen LogP contribution in [0.1, 0.15) is 115 Å².